The molecule has 0 saturated carbocycles. The number of nitrogens with zero attached hydrogens (tertiary/aromatic N) is 2. The smallest absolute Gasteiger partial charge is 0.663 e. The summed E-state index contributed by atoms with van der Waals surface area (Å²) in [6.45, 7) is 24.9. The summed E-state index contributed by atoms with van der Waals surface area (Å²) in [5.74, 6) is 0. The average molecular weight is 863 g/mol. The molecule has 0 N–H and O–H groups in total. The second kappa shape index (κ2) is 13.6. The minimum atomic E-state index is -0.0438. The first-order valence-electron chi connectivity index (χ1n) is 18.2. The summed E-state index contributed by atoms with van der Waals surface area (Å²) in [5, 5.41) is 2.42. The van der Waals surface area contributed by atoms with Gasteiger partial charge in [0.25, 0.3) is 0 Å². The van der Waals surface area contributed by atoms with Gasteiger partial charge < -0.3 is 4.98 Å². The van der Waals surface area contributed by atoms with Crippen molar-refractivity contribution < 1.29 is 22.4 Å². The number of hydrogen-bond donors (Lipinski definition) is 0. The Hall–Kier alpha value is -4.21. The van der Waals surface area contributed by atoms with Gasteiger partial charge in [-0.3, -0.25) is 4.98 Å². The quantitative estimate of drug-likeness (QED) is 0.130. The van der Waals surface area contributed by atoms with Crippen LogP contribution in [-0.2, 0) is 38.6 Å². The van der Waals surface area contributed by atoms with Crippen molar-refractivity contribution >= 4 is 21.8 Å². The van der Waals surface area contributed by atoms with Crippen LogP contribution in [0.3, 0.4) is 0 Å². The summed E-state index contributed by atoms with van der Waals surface area (Å²) >= 11 is 0. The first-order valence-corrected chi connectivity index (χ1v) is 18.2. The van der Waals surface area contributed by atoms with Crippen LogP contribution in [0.5, 0.6) is 0 Å². The standard InChI is InChI=1S/C49H49N2.Au/c1-30-22-31(2)40(42-27-38(49(9,10)11)28-43-41-26-37(48(6,7)8)19-20-45(41)51-46(42)43)29-39(30)34-23-33(24-35(25-34)44-14-12-13-21-50-44)32-15-17-36(18-16-32)47(3,4)5;/h12-24,26-28H,1-11H3;/q-3;+3. The van der Waals surface area contributed by atoms with Crippen LogP contribution in [-0.4, -0.2) is 4.98 Å². The fourth-order valence-corrected chi connectivity index (χ4v) is 7.06. The Morgan fingerprint density at radius 1 is 0.538 bits per heavy atom. The van der Waals surface area contributed by atoms with Gasteiger partial charge in [0.2, 0.25) is 0 Å². The molecule has 2 aromatic heterocycles. The molecule has 0 bridgehead atoms. The Bertz CT molecular complexity index is 2410. The monoisotopic (exact) mass is 862 g/mol. The minimum Gasteiger partial charge on any atom is -0.663 e. The third kappa shape index (κ3) is 7.22. The van der Waals surface area contributed by atoms with Crippen LogP contribution < -0.4 is 4.98 Å². The largest absolute Gasteiger partial charge is 3.00 e. The van der Waals surface area contributed by atoms with Crippen molar-refractivity contribution in [1.29, 1.82) is 0 Å². The maximum Gasteiger partial charge on any atom is 3.00 e. The first-order chi connectivity index (χ1) is 24.0. The van der Waals surface area contributed by atoms with Crippen LogP contribution >= 0.6 is 0 Å². The van der Waals surface area contributed by atoms with E-state index in [9.17, 15) is 0 Å². The average Bonchev–Trinajstić information content (AvgIpc) is 3.45. The van der Waals surface area contributed by atoms with E-state index in [4.69, 9.17) is 9.97 Å². The molecular weight excluding hydrogens is 814 g/mol. The van der Waals surface area contributed by atoms with E-state index < -0.39 is 0 Å². The van der Waals surface area contributed by atoms with Gasteiger partial charge in [0.15, 0.2) is 0 Å². The van der Waals surface area contributed by atoms with E-state index in [1.165, 1.54) is 44.2 Å². The van der Waals surface area contributed by atoms with Gasteiger partial charge in [0.05, 0.1) is 0 Å². The van der Waals surface area contributed by atoms with E-state index in [0.29, 0.717) is 0 Å². The van der Waals surface area contributed by atoms with Crippen molar-refractivity contribution in [3.05, 3.63) is 137 Å². The predicted octanol–water partition coefficient (Wildman–Crippen LogP) is 13.1. The first kappa shape index (κ1) is 37.5. The fourth-order valence-electron chi connectivity index (χ4n) is 7.06. The van der Waals surface area contributed by atoms with Gasteiger partial charge in [-0.05, 0) is 55.3 Å². The Kier molecular flexibility index (Phi) is 9.85. The molecule has 0 saturated heterocycles. The van der Waals surface area contributed by atoms with E-state index in [1.54, 1.807) is 0 Å². The van der Waals surface area contributed by atoms with E-state index >= 15 is 0 Å². The molecule has 0 unspecified atom stereocenters. The Morgan fingerprint density at radius 2 is 1.15 bits per heavy atom. The molecule has 0 spiro atoms. The van der Waals surface area contributed by atoms with Crippen molar-refractivity contribution in [2.45, 2.75) is 92.4 Å². The molecule has 0 radical (unpaired) electrons. The summed E-state index contributed by atoms with van der Waals surface area (Å²) in [6, 6.07) is 41.1. The summed E-state index contributed by atoms with van der Waals surface area (Å²) < 4.78 is 0. The maximum absolute atomic E-state index is 5.30. The summed E-state index contributed by atoms with van der Waals surface area (Å²) in [5.41, 5.74) is 16.9. The molecule has 0 atom stereocenters. The van der Waals surface area contributed by atoms with Crippen LogP contribution in [0.25, 0.3) is 66.4 Å². The molecule has 266 valence electrons. The number of aryl methyl sites for hydroxylation is 2. The number of pyridine rings is 1. The zero-order valence-electron chi connectivity index (χ0n) is 32.4. The number of aromatic nitrogens is 2. The van der Waals surface area contributed by atoms with Crippen LogP contribution in [0, 0.1) is 26.0 Å². The van der Waals surface area contributed by atoms with Gasteiger partial charge in [-0.15, -0.1) is 39.9 Å². The van der Waals surface area contributed by atoms with Gasteiger partial charge in [-0.1, -0.05) is 154 Å². The van der Waals surface area contributed by atoms with Gasteiger partial charge in [-0.25, -0.2) is 0 Å². The van der Waals surface area contributed by atoms with E-state index in [1.807, 2.05) is 18.3 Å². The molecule has 0 aliphatic carbocycles. The summed E-state index contributed by atoms with van der Waals surface area (Å²) in [4.78, 5) is 10.0. The van der Waals surface area contributed by atoms with Crippen molar-refractivity contribution in [3.8, 4) is 44.6 Å². The number of fused-ring (bicyclic) bond motifs is 3. The van der Waals surface area contributed by atoms with Crippen LogP contribution in [0.1, 0.15) is 90.1 Å². The van der Waals surface area contributed by atoms with E-state index in [2.05, 4.69) is 167 Å². The minimum absolute atomic E-state index is 0. The zero-order valence-corrected chi connectivity index (χ0v) is 34.6. The van der Waals surface area contributed by atoms with Crippen molar-refractivity contribution in [2.75, 3.05) is 0 Å². The van der Waals surface area contributed by atoms with Crippen molar-refractivity contribution in [3.63, 3.8) is 0 Å². The Morgan fingerprint density at radius 3 is 1.79 bits per heavy atom. The Labute approximate surface area is 326 Å². The topological polar surface area (TPSA) is 27.0 Å². The Balaban J connectivity index is 0.00000464. The second-order valence-corrected chi connectivity index (χ2v) is 17.4. The molecule has 52 heavy (non-hydrogen) atoms. The molecule has 0 amide bonds. The molecule has 0 aliphatic heterocycles. The van der Waals surface area contributed by atoms with Gasteiger partial charge in [0.1, 0.15) is 0 Å². The summed E-state index contributed by atoms with van der Waals surface area (Å²) in [6.07, 6.45) is 1.85. The fraction of sp³-hybridized carbons (Fsp3) is 0.286. The molecule has 0 fully saturated rings. The summed E-state index contributed by atoms with van der Waals surface area (Å²) in [7, 11) is 0. The van der Waals surface area contributed by atoms with Crippen molar-refractivity contribution in [1.82, 2.24) is 9.97 Å². The second-order valence-electron chi connectivity index (χ2n) is 17.4. The van der Waals surface area contributed by atoms with Crippen LogP contribution in [0.2, 0.25) is 0 Å². The van der Waals surface area contributed by atoms with E-state index in [0.717, 1.165) is 50.1 Å². The third-order valence-electron chi connectivity index (χ3n) is 10.3. The molecule has 2 nitrogen and oxygen atoms in total. The van der Waals surface area contributed by atoms with Crippen LogP contribution in [0.4, 0.5) is 0 Å². The maximum atomic E-state index is 5.30. The normalized spacial score (nSPS) is 12.4. The predicted molar refractivity (Wildman–Crippen MR) is 218 cm³/mol. The van der Waals surface area contributed by atoms with Crippen molar-refractivity contribution in [2.24, 2.45) is 0 Å². The molecular formula is C49H49AuN2. The van der Waals surface area contributed by atoms with Gasteiger partial charge in [0, 0.05) is 11.9 Å². The van der Waals surface area contributed by atoms with Gasteiger partial charge in [-0.2, -0.15) is 34.8 Å². The number of hydrogen-bond acceptors (Lipinski definition) is 1. The SMILES string of the molecule is Cc1cc(C)c(-c2cc(C(C)(C)C)cc3c2[n-]c2ccc(C(C)(C)C)cc23)[c-]c1-c1[c-]c(-c2ccccn2)cc(-c2ccc(C(C)(C)C)cc2)c1.[Au+3]. The number of benzene rings is 5. The molecule has 0 aliphatic rings. The molecule has 5 aromatic carbocycles. The third-order valence-corrected chi connectivity index (χ3v) is 10.3. The molecule has 2 heterocycles. The molecule has 3 heteroatoms. The van der Waals surface area contributed by atoms with E-state index in [-0.39, 0.29) is 38.6 Å². The molecule has 7 aromatic rings. The van der Waals surface area contributed by atoms with Crippen LogP contribution in [0.15, 0.2) is 97.2 Å². The molecule has 7 rings (SSSR count). The van der Waals surface area contributed by atoms with Gasteiger partial charge >= 0.3 is 22.4 Å². The number of rotatable bonds is 4. The zero-order chi connectivity index (χ0) is 36.5.